The van der Waals surface area contributed by atoms with E-state index in [1.807, 2.05) is 30.3 Å². The summed E-state index contributed by atoms with van der Waals surface area (Å²) in [6.45, 7) is 9.18. The Labute approximate surface area is 220 Å². The van der Waals surface area contributed by atoms with Crippen molar-refractivity contribution in [3.8, 4) is 11.6 Å². The third-order valence-electron chi connectivity index (χ3n) is 5.96. The van der Waals surface area contributed by atoms with E-state index >= 15 is 0 Å². The summed E-state index contributed by atoms with van der Waals surface area (Å²) in [4.78, 5) is 31.5. The zero-order valence-corrected chi connectivity index (χ0v) is 22.2. The van der Waals surface area contributed by atoms with Crippen molar-refractivity contribution in [2.24, 2.45) is 5.41 Å². The van der Waals surface area contributed by atoms with Crippen LogP contribution in [0.3, 0.4) is 0 Å². The number of pyridine rings is 1. The van der Waals surface area contributed by atoms with E-state index in [-0.39, 0.29) is 30.4 Å². The molecule has 0 aliphatic carbocycles. The van der Waals surface area contributed by atoms with E-state index in [1.165, 1.54) is 12.3 Å². The molecule has 1 saturated heterocycles. The molecule has 3 rings (SSSR count). The first-order valence-electron chi connectivity index (χ1n) is 12.3. The number of alkyl halides is 3. The summed E-state index contributed by atoms with van der Waals surface area (Å²) in [5.41, 5.74) is -0.786. The van der Waals surface area contributed by atoms with Crippen LogP contribution in [0.5, 0.6) is 11.6 Å². The third kappa shape index (κ3) is 8.26. The van der Waals surface area contributed by atoms with Gasteiger partial charge in [-0.25, -0.2) is 9.78 Å². The zero-order valence-electron chi connectivity index (χ0n) is 22.2. The van der Waals surface area contributed by atoms with Crippen LogP contribution in [0.15, 0.2) is 48.7 Å². The molecular weight excluding hydrogens is 503 g/mol. The van der Waals surface area contributed by atoms with Crippen LogP contribution in [-0.2, 0) is 9.53 Å². The summed E-state index contributed by atoms with van der Waals surface area (Å²) in [6, 6.07) is 11.7. The number of rotatable bonds is 7. The highest BCUT2D eigenvalue weighted by Gasteiger charge is 2.39. The lowest BCUT2D eigenvalue weighted by molar-refractivity contribution is -0.275. The van der Waals surface area contributed by atoms with Crippen molar-refractivity contribution in [3.63, 3.8) is 0 Å². The Morgan fingerprint density at radius 1 is 1.05 bits per heavy atom. The van der Waals surface area contributed by atoms with E-state index in [0.29, 0.717) is 19.5 Å². The van der Waals surface area contributed by atoms with Gasteiger partial charge in [-0.1, -0.05) is 30.3 Å². The van der Waals surface area contributed by atoms with Crippen LogP contribution in [0.1, 0.15) is 52.5 Å². The Hall–Kier alpha value is -3.50. The van der Waals surface area contributed by atoms with Crippen molar-refractivity contribution in [1.82, 2.24) is 15.2 Å². The van der Waals surface area contributed by atoms with Crippen molar-refractivity contribution < 1.29 is 37.0 Å². The Bertz CT molecular complexity index is 1100. The van der Waals surface area contributed by atoms with Crippen LogP contribution < -0.4 is 14.8 Å². The lowest BCUT2D eigenvalue weighted by atomic mass is 9.84. The molecule has 2 amide bonds. The predicted octanol–water partition coefficient (Wildman–Crippen LogP) is 5.29. The summed E-state index contributed by atoms with van der Waals surface area (Å²) in [5, 5.41) is 3.08. The number of piperidine rings is 1. The number of carbonyl (C=O) groups excluding carboxylic acids is 2. The van der Waals surface area contributed by atoms with Crippen molar-refractivity contribution in [2.45, 2.75) is 65.0 Å². The minimum atomic E-state index is -4.91. The van der Waals surface area contributed by atoms with Crippen LogP contribution in [0.25, 0.3) is 0 Å². The van der Waals surface area contributed by atoms with E-state index in [0.717, 1.165) is 11.6 Å². The van der Waals surface area contributed by atoms with Gasteiger partial charge in [-0.05, 0) is 58.7 Å². The van der Waals surface area contributed by atoms with E-state index < -0.39 is 29.2 Å². The van der Waals surface area contributed by atoms with Gasteiger partial charge in [0.2, 0.25) is 5.91 Å². The molecule has 0 radical (unpaired) electrons. The first-order valence-corrected chi connectivity index (χ1v) is 12.3. The van der Waals surface area contributed by atoms with E-state index in [9.17, 15) is 22.8 Å². The fourth-order valence-corrected chi connectivity index (χ4v) is 4.02. The minimum Gasteiger partial charge on any atom is -0.474 e. The molecule has 0 spiro atoms. The molecular formula is C27H34F3N3O5. The monoisotopic (exact) mass is 537 g/mol. The second kappa shape index (κ2) is 11.5. The average Bonchev–Trinajstić information content (AvgIpc) is 2.82. The van der Waals surface area contributed by atoms with Crippen molar-refractivity contribution in [1.29, 1.82) is 0 Å². The van der Waals surface area contributed by atoms with Gasteiger partial charge in [0.1, 0.15) is 12.2 Å². The molecule has 0 saturated carbocycles. The third-order valence-corrected chi connectivity index (χ3v) is 5.96. The fraction of sp³-hybridized carbons (Fsp3) is 0.519. The van der Waals surface area contributed by atoms with E-state index in [2.05, 4.69) is 15.0 Å². The number of carbonyl (C=O) groups is 2. The highest BCUT2D eigenvalue weighted by atomic mass is 19.4. The predicted molar refractivity (Wildman–Crippen MR) is 134 cm³/mol. The minimum absolute atomic E-state index is 0.194. The van der Waals surface area contributed by atoms with Gasteiger partial charge >= 0.3 is 12.5 Å². The van der Waals surface area contributed by atoms with E-state index in [4.69, 9.17) is 9.47 Å². The van der Waals surface area contributed by atoms with Crippen molar-refractivity contribution in [3.05, 3.63) is 54.2 Å². The maximum atomic E-state index is 13.3. The number of hydrogen-bond donors (Lipinski definition) is 1. The number of nitrogens with zero attached hydrogens (tertiary/aromatic N) is 2. The van der Waals surface area contributed by atoms with Gasteiger partial charge in [-0.3, -0.25) is 4.79 Å². The zero-order chi connectivity index (χ0) is 28.1. The topological polar surface area (TPSA) is 90.0 Å². The molecule has 8 nitrogen and oxygen atoms in total. The van der Waals surface area contributed by atoms with Crippen LogP contribution >= 0.6 is 0 Å². The number of nitrogens with one attached hydrogen (secondary N) is 1. The molecule has 2 aromatic rings. The highest BCUT2D eigenvalue weighted by Crippen LogP contribution is 2.32. The number of benzene rings is 1. The van der Waals surface area contributed by atoms with Gasteiger partial charge in [0, 0.05) is 31.2 Å². The van der Waals surface area contributed by atoms with Crippen molar-refractivity contribution >= 4 is 12.0 Å². The number of ether oxygens (including phenoxy) is 3. The largest absolute Gasteiger partial charge is 0.573 e. The van der Waals surface area contributed by atoms with E-state index in [1.54, 1.807) is 39.5 Å². The van der Waals surface area contributed by atoms with Crippen LogP contribution in [-0.4, -0.2) is 59.6 Å². The SMILES string of the molecule is CC(C)(C)OC(=O)N1CC[C@H](NC(=O)C(C)(C)COc2ncccc2OC(F)(F)F)[C@H](c2ccccc2)C1. The second-order valence-corrected chi connectivity index (χ2v) is 10.8. The molecule has 1 aliphatic rings. The van der Waals surface area contributed by atoms with Gasteiger partial charge in [0.05, 0.1) is 5.41 Å². The molecule has 0 bridgehead atoms. The maximum Gasteiger partial charge on any atom is 0.573 e. The lowest BCUT2D eigenvalue weighted by Crippen LogP contribution is -2.54. The van der Waals surface area contributed by atoms with Gasteiger partial charge in [0.15, 0.2) is 5.75 Å². The fourth-order valence-electron chi connectivity index (χ4n) is 4.02. The summed E-state index contributed by atoms with van der Waals surface area (Å²) in [5.74, 6) is -1.49. The summed E-state index contributed by atoms with van der Waals surface area (Å²) in [6.07, 6.45) is -3.56. The highest BCUT2D eigenvalue weighted by molar-refractivity contribution is 5.82. The smallest absolute Gasteiger partial charge is 0.474 e. The molecule has 1 aromatic carbocycles. The molecule has 208 valence electrons. The van der Waals surface area contributed by atoms with Gasteiger partial charge in [0.25, 0.3) is 5.88 Å². The Kier molecular flexibility index (Phi) is 8.79. The van der Waals surface area contributed by atoms with Crippen LogP contribution in [0.2, 0.25) is 0 Å². The maximum absolute atomic E-state index is 13.3. The number of likely N-dealkylation sites (tertiary alicyclic amines) is 1. The van der Waals surface area contributed by atoms with Gasteiger partial charge in [-0.15, -0.1) is 13.2 Å². The molecule has 38 heavy (non-hydrogen) atoms. The van der Waals surface area contributed by atoms with Crippen LogP contribution in [0.4, 0.5) is 18.0 Å². The Balaban J connectivity index is 1.70. The van der Waals surface area contributed by atoms with Crippen LogP contribution in [0, 0.1) is 5.41 Å². The normalized spacial score (nSPS) is 18.5. The van der Waals surface area contributed by atoms with Gasteiger partial charge < -0.3 is 24.4 Å². The number of amides is 2. The molecule has 1 aromatic heterocycles. The second-order valence-electron chi connectivity index (χ2n) is 10.8. The molecule has 11 heteroatoms. The average molecular weight is 538 g/mol. The Morgan fingerprint density at radius 2 is 1.74 bits per heavy atom. The molecule has 1 fully saturated rings. The standard InChI is InChI=1S/C27H34F3N3O5/c1-25(2,3)38-24(35)33-15-13-20(19(16-33)18-10-7-6-8-11-18)32-23(34)26(4,5)17-36-22-21(12-9-14-31-22)37-27(28,29)30/h6-12,14,19-20H,13,15-17H2,1-5H3,(H,32,34)/t19-,20-/m0/s1. The first kappa shape index (κ1) is 29.1. The molecule has 1 N–H and O–H groups in total. The number of halogens is 3. The van der Waals surface area contributed by atoms with Crippen molar-refractivity contribution in [2.75, 3.05) is 19.7 Å². The lowest BCUT2D eigenvalue weighted by Gasteiger charge is -2.40. The molecule has 2 heterocycles. The molecule has 0 unspecified atom stereocenters. The molecule has 1 aliphatic heterocycles. The Morgan fingerprint density at radius 3 is 2.37 bits per heavy atom. The summed E-state index contributed by atoms with van der Waals surface area (Å²) in [7, 11) is 0. The van der Waals surface area contributed by atoms with Gasteiger partial charge in [-0.2, -0.15) is 0 Å². The summed E-state index contributed by atoms with van der Waals surface area (Å²) < 4.78 is 53.2. The summed E-state index contributed by atoms with van der Waals surface area (Å²) >= 11 is 0. The number of aromatic nitrogens is 1. The molecule has 2 atom stereocenters. The first-order chi connectivity index (χ1) is 17.6. The number of hydrogen-bond acceptors (Lipinski definition) is 6. The quantitative estimate of drug-likeness (QED) is 0.516.